The highest BCUT2D eigenvalue weighted by Crippen LogP contribution is 2.28. The van der Waals surface area contributed by atoms with Crippen LogP contribution in [0.15, 0.2) is 78.9 Å². The van der Waals surface area contributed by atoms with Crippen molar-refractivity contribution in [3.63, 3.8) is 0 Å². The van der Waals surface area contributed by atoms with Crippen LogP contribution in [0.1, 0.15) is 33.4 Å². The van der Waals surface area contributed by atoms with Crippen molar-refractivity contribution in [1.82, 2.24) is 9.78 Å². The fraction of sp³-hybridized carbons (Fsp3) is 0.0800. The van der Waals surface area contributed by atoms with Gasteiger partial charge in [0, 0.05) is 5.56 Å². The number of carbonyl (C=O) groups excluding carboxylic acids is 1. The van der Waals surface area contributed by atoms with Crippen molar-refractivity contribution in [2.24, 2.45) is 0 Å². The lowest BCUT2D eigenvalue weighted by atomic mass is 10.0. The van der Waals surface area contributed by atoms with Gasteiger partial charge in [-0.05, 0) is 36.8 Å². The number of aryl methyl sites for hydroxylation is 1. The molecular formula is C25H19FN4O2. The first-order chi connectivity index (χ1) is 15.5. The molecule has 4 aromatic rings. The Morgan fingerprint density at radius 3 is 2.59 bits per heavy atom. The number of amides is 1. The van der Waals surface area contributed by atoms with Gasteiger partial charge < -0.3 is 10.4 Å². The lowest BCUT2D eigenvalue weighted by molar-refractivity contribution is 0.101. The third-order valence-electron chi connectivity index (χ3n) is 4.95. The van der Waals surface area contributed by atoms with Crippen LogP contribution in [0.3, 0.4) is 0 Å². The molecule has 0 spiro atoms. The topological polar surface area (TPSA) is 71.5 Å². The van der Waals surface area contributed by atoms with E-state index in [0.717, 1.165) is 0 Å². The Labute approximate surface area is 184 Å². The first kappa shape index (κ1) is 21.0. The zero-order valence-electron chi connectivity index (χ0n) is 17.2. The lowest BCUT2D eigenvalue weighted by Gasteiger charge is -2.15. The molecule has 1 amide bonds. The van der Waals surface area contributed by atoms with Crippen molar-refractivity contribution in [3.8, 4) is 5.69 Å². The number of aromatic nitrogens is 2. The van der Waals surface area contributed by atoms with Crippen molar-refractivity contribution < 1.29 is 14.3 Å². The molecule has 1 aromatic heterocycles. The van der Waals surface area contributed by atoms with E-state index < -0.39 is 17.8 Å². The summed E-state index contributed by atoms with van der Waals surface area (Å²) < 4.78 is 16.6. The molecule has 0 aliphatic heterocycles. The number of halogens is 1. The molecule has 3 aromatic carbocycles. The monoisotopic (exact) mass is 426 g/mol. The number of hydrogen-bond donors (Lipinski definition) is 2. The number of nitrogens with zero attached hydrogens (tertiary/aromatic N) is 3. The molecule has 7 heteroatoms. The summed E-state index contributed by atoms with van der Waals surface area (Å²) in [5, 5.41) is 17.5. The van der Waals surface area contributed by atoms with E-state index in [9.17, 15) is 9.90 Å². The van der Waals surface area contributed by atoms with Crippen molar-refractivity contribution in [2.75, 3.05) is 5.32 Å². The summed E-state index contributed by atoms with van der Waals surface area (Å²) in [7, 11) is 0. The summed E-state index contributed by atoms with van der Waals surface area (Å²) in [4.78, 5) is 16.4. The summed E-state index contributed by atoms with van der Waals surface area (Å²) in [6.07, 6.45) is -1.17. The molecule has 2 N–H and O–H groups in total. The van der Waals surface area contributed by atoms with Crippen molar-refractivity contribution in [3.05, 3.63) is 119 Å². The molecule has 0 bridgehead atoms. The van der Waals surface area contributed by atoms with E-state index in [-0.39, 0.29) is 16.9 Å². The van der Waals surface area contributed by atoms with Crippen LogP contribution in [0.4, 0.5) is 15.8 Å². The van der Waals surface area contributed by atoms with Gasteiger partial charge in [-0.2, -0.15) is 5.10 Å². The molecule has 158 valence electrons. The Morgan fingerprint density at radius 2 is 1.84 bits per heavy atom. The molecule has 0 saturated carbocycles. The van der Waals surface area contributed by atoms with Crippen LogP contribution >= 0.6 is 0 Å². The molecule has 1 atom stereocenters. The highest BCUT2D eigenvalue weighted by atomic mass is 19.1. The molecule has 0 saturated heterocycles. The fourth-order valence-corrected chi connectivity index (χ4v) is 3.41. The van der Waals surface area contributed by atoms with Crippen LogP contribution < -0.4 is 5.32 Å². The largest absolute Gasteiger partial charge is 0.384 e. The molecule has 4 rings (SSSR count). The van der Waals surface area contributed by atoms with Gasteiger partial charge in [-0.15, -0.1) is 0 Å². The molecule has 32 heavy (non-hydrogen) atoms. The molecule has 6 nitrogen and oxygen atoms in total. The normalized spacial score (nSPS) is 11.6. The Balaban J connectivity index is 1.65. The first-order valence-corrected chi connectivity index (χ1v) is 9.85. The van der Waals surface area contributed by atoms with E-state index in [1.165, 1.54) is 16.8 Å². The summed E-state index contributed by atoms with van der Waals surface area (Å²) in [6, 6.07) is 21.5. The van der Waals surface area contributed by atoms with Crippen LogP contribution in [0.5, 0.6) is 0 Å². The Kier molecular flexibility index (Phi) is 5.79. The summed E-state index contributed by atoms with van der Waals surface area (Å²) in [5.41, 5.74) is 2.30. The molecule has 0 radical (unpaired) electrons. The SMILES string of the molecule is [C-]#[N+]c1cccc(-n2nc(C)cc2C(=O)Nc2cccc(C(O)c3ccccc3)c2F)c1. The lowest BCUT2D eigenvalue weighted by Crippen LogP contribution is -2.18. The molecular weight excluding hydrogens is 407 g/mol. The van der Waals surface area contributed by atoms with Crippen LogP contribution in [-0.4, -0.2) is 20.8 Å². The number of rotatable bonds is 5. The predicted octanol–water partition coefficient (Wildman–Crippen LogP) is 5.20. The minimum atomic E-state index is -1.17. The maximum Gasteiger partial charge on any atom is 0.274 e. The quantitative estimate of drug-likeness (QED) is 0.431. The molecule has 0 aliphatic carbocycles. The van der Waals surface area contributed by atoms with Gasteiger partial charge in [-0.25, -0.2) is 13.9 Å². The third kappa shape index (κ3) is 4.13. The molecule has 0 aliphatic rings. The Morgan fingerprint density at radius 1 is 1.09 bits per heavy atom. The second-order valence-corrected chi connectivity index (χ2v) is 7.19. The summed E-state index contributed by atoms with van der Waals surface area (Å²) in [5.74, 6) is -1.28. The summed E-state index contributed by atoms with van der Waals surface area (Å²) >= 11 is 0. The van der Waals surface area contributed by atoms with Gasteiger partial charge in [0.05, 0.1) is 23.6 Å². The van der Waals surface area contributed by atoms with Crippen LogP contribution in [0.2, 0.25) is 0 Å². The maximum absolute atomic E-state index is 15.2. The van der Waals surface area contributed by atoms with Gasteiger partial charge in [0.2, 0.25) is 0 Å². The van der Waals surface area contributed by atoms with Gasteiger partial charge >= 0.3 is 0 Å². The number of hydrogen-bond acceptors (Lipinski definition) is 3. The first-order valence-electron chi connectivity index (χ1n) is 9.85. The van der Waals surface area contributed by atoms with E-state index >= 15 is 4.39 Å². The number of aliphatic hydroxyl groups excluding tert-OH is 1. The fourth-order valence-electron chi connectivity index (χ4n) is 3.41. The van der Waals surface area contributed by atoms with Crippen LogP contribution in [0, 0.1) is 19.3 Å². The average Bonchev–Trinajstić information content (AvgIpc) is 3.22. The number of benzene rings is 3. The second-order valence-electron chi connectivity index (χ2n) is 7.19. The highest BCUT2D eigenvalue weighted by Gasteiger charge is 2.21. The number of carbonyl (C=O) groups is 1. The van der Waals surface area contributed by atoms with E-state index in [1.54, 1.807) is 67.6 Å². The van der Waals surface area contributed by atoms with E-state index in [4.69, 9.17) is 6.57 Å². The van der Waals surface area contributed by atoms with E-state index in [2.05, 4.69) is 15.3 Å². The maximum atomic E-state index is 15.2. The Bertz CT molecular complexity index is 1330. The third-order valence-corrected chi connectivity index (χ3v) is 4.95. The second kappa shape index (κ2) is 8.84. The minimum Gasteiger partial charge on any atom is -0.384 e. The van der Waals surface area contributed by atoms with Gasteiger partial charge in [0.25, 0.3) is 5.91 Å². The zero-order valence-corrected chi connectivity index (χ0v) is 17.2. The standard InChI is InChI=1S/C25H19FN4O2/c1-16-14-22(30(29-16)19-11-6-10-18(15-19)27-2)25(32)28-21-13-7-12-20(23(21)26)24(31)17-8-4-3-5-9-17/h3-15,24,31H,1H3,(H,28,32). The van der Waals surface area contributed by atoms with Crippen molar-refractivity contribution in [2.45, 2.75) is 13.0 Å². The van der Waals surface area contributed by atoms with E-state index in [1.807, 2.05) is 6.07 Å². The highest BCUT2D eigenvalue weighted by molar-refractivity contribution is 6.03. The predicted molar refractivity (Wildman–Crippen MR) is 119 cm³/mol. The van der Waals surface area contributed by atoms with E-state index in [0.29, 0.717) is 22.6 Å². The van der Waals surface area contributed by atoms with Crippen LogP contribution in [0.25, 0.3) is 10.5 Å². The minimum absolute atomic E-state index is 0.0530. The molecule has 1 unspecified atom stereocenters. The number of aliphatic hydroxyl groups is 1. The zero-order chi connectivity index (χ0) is 22.7. The summed E-state index contributed by atoms with van der Waals surface area (Å²) in [6.45, 7) is 8.93. The van der Waals surface area contributed by atoms with Gasteiger partial charge in [-0.1, -0.05) is 54.6 Å². The Hall–Kier alpha value is -4.28. The molecule has 1 heterocycles. The van der Waals surface area contributed by atoms with Gasteiger partial charge in [-0.3, -0.25) is 4.79 Å². The molecule has 0 fully saturated rings. The number of nitrogens with one attached hydrogen (secondary N) is 1. The average molecular weight is 426 g/mol. The number of anilines is 1. The van der Waals surface area contributed by atoms with Gasteiger partial charge in [0.1, 0.15) is 11.8 Å². The van der Waals surface area contributed by atoms with Crippen LogP contribution in [-0.2, 0) is 0 Å². The van der Waals surface area contributed by atoms with Crippen molar-refractivity contribution in [1.29, 1.82) is 0 Å². The van der Waals surface area contributed by atoms with Crippen molar-refractivity contribution >= 4 is 17.3 Å². The smallest absolute Gasteiger partial charge is 0.274 e. The van der Waals surface area contributed by atoms with Gasteiger partial charge in [0.15, 0.2) is 11.5 Å².